The zero-order chi connectivity index (χ0) is 28.3. The molecule has 0 saturated carbocycles. The molecule has 3 aromatic rings. The van der Waals surface area contributed by atoms with E-state index in [2.05, 4.69) is 24.9 Å². The van der Waals surface area contributed by atoms with Crippen molar-refractivity contribution in [3.05, 3.63) is 108 Å². The average Bonchev–Trinajstić information content (AvgIpc) is 3.00. The maximum atomic E-state index is 11.8. The Morgan fingerprint density at radius 2 is 1.75 bits per heavy atom. The lowest BCUT2D eigenvalue weighted by Crippen LogP contribution is -2.38. The highest BCUT2D eigenvalue weighted by molar-refractivity contribution is 7.99. The fourth-order valence-corrected chi connectivity index (χ4v) is 5.57. The zero-order valence-corrected chi connectivity index (χ0v) is 23.5. The van der Waals surface area contributed by atoms with Crippen molar-refractivity contribution in [3.8, 4) is 11.1 Å². The highest BCUT2D eigenvalue weighted by Gasteiger charge is 2.38. The molecular weight excluding hydrogens is 526 g/mol. The number of amides is 1. The van der Waals surface area contributed by atoms with Crippen LogP contribution in [0.5, 0.6) is 0 Å². The average molecular weight is 564 g/mol. The maximum absolute atomic E-state index is 11.8. The van der Waals surface area contributed by atoms with Crippen LogP contribution < -0.4 is 5.32 Å². The molecule has 8 heteroatoms. The summed E-state index contributed by atoms with van der Waals surface area (Å²) < 4.78 is 18.1. The van der Waals surface area contributed by atoms with Gasteiger partial charge in [-0.2, -0.15) is 11.8 Å². The van der Waals surface area contributed by atoms with Crippen molar-refractivity contribution < 1.29 is 29.2 Å². The van der Waals surface area contributed by atoms with Crippen molar-refractivity contribution in [1.29, 1.82) is 0 Å². The van der Waals surface area contributed by atoms with Crippen LogP contribution in [-0.2, 0) is 27.4 Å². The van der Waals surface area contributed by atoms with Gasteiger partial charge in [0, 0.05) is 29.5 Å². The van der Waals surface area contributed by atoms with Crippen molar-refractivity contribution in [1.82, 2.24) is 5.32 Å². The molecule has 1 heterocycles. The second-order valence-electron chi connectivity index (χ2n) is 9.69. The van der Waals surface area contributed by atoms with Gasteiger partial charge in [0.25, 0.3) is 0 Å². The number of carbonyl (C=O) groups excluding carboxylic acids is 1. The van der Waals surface area contributed by atoms with Crippen molar-refractivity contribution >= 4 is 17.9 Å². The van der Waals surface area contributed by atoms with E-state index >= 15 is 0 Å². The van der Waals surface area contributed by atoms with Crippen LogP contribution in [0.25, 0.3) is 11.1 Å². The Balaban J connectivity index is 1.54. The SMILES string of the molecule is C=CCOC(=O)NCc1cccc(-c2cccc([C@@H]3O[C@H](CSCCO)[C@H](C)[C@H](c4ccc(CO)cc4)O3)c2)c1. The second kappa shape index (κ2) is 15.0. The lowest BCUT2D eigenvalue weighted by molar-refractivity contribution is -0.268. The molecule has 4 atom stereocenters. The van der Waals surface area contributed by atoms with E-state index < -0.39 is 12.4 Å². The number of aliphatic hydroxyl groups is 2. The molecule has 1 saturated heterocycles. The monoisotopic (exact) mass is 563 g/mol. The van der Waals surface area contributed by atoms with E-state index in [9.17, 15) is 15.0 Å². The van der Waals surface area contributed by atoms with Gasteiger partial charge in [-0.1, -0.05) is 80.2 Å². The zero-order valence-electron chi connectivity index (χ0n) is 22.7. The Labute approximate surface area is 240 Å². The molecular formula is C32H37NO6S. The summed E-state index contributed by atoms with van der Waals surface area (Å²) in [7, 11) is 0. The largest absolute Gasteiger partial charge is 0.445 e. The van der Waals surface area contributed by atoms with E-state index in [-0.39, 0.29) is 37.9 Å². The maximum Gasteiger partial charge on any atom is 0.407 e. The predicted octanol–water partition coefficient (Wildman–Crippen LogP) is 5.78. The van der Waals surface area contributed by atoms with Gasteiger partial charge in [0.05, 0.1) is 25.4 Å². The molecule has 1 fully saturated rings. The molecule has 0 bridgehead atoms. The summed E-state index contributed by atoms with van der Waals surface area (Å²) in [6.45, 7) is 6.32. The number of aliphatic hydroxyl groups excluding tert-OH is 2. The summed E-state index contributed by atoms with van der Waals surface area (Å²) in [6.07, 6.45) is 0.212. The summed E-state index contributed by atoms with van der Waals surface area (Å²) >= 11 is 1.67. The van der Waals surface area contributed by atoms with Gasteiger partial charge >= 0.3 is 6.09 Å². The number of rotatable bonds is 12. The Bertz CT molecular complexity index is 1250. The topological polar surface area (TPSA) is 97.3 Å². The molecule has 0 unspecified atom stereocenters. The first-order chi connectivity index (χ1) is 19.5. The summed E-state index contributed by atoms with van der Waals surface area (Å²) in [4.78, 5) is 11.8. The number of hydrogen-bond acceptors (Lipinski definition) is 7. The molecule has 4 rings (SSSR count). The minimum atomic E-state index is -0.567. The van der Waals surface area contributed by atoms with Crippen molar-refractivity contribution in [2.45, 2.75) is 38.6 Å². The lowest BCUT2D eigenvalue weighted by Gasteiger charge is -2.41. The summed E-state index contributed by atoms with van der Waals surface area (Å²) in [5, 5.41) is 21.5. The molecule has 0 aliphatic carbocycles. The second-order valence-corrected chi connectivity index (χ2v) is 10.8. The van der Waals surface area contributed by atoms with E-state index in [1.807, 2.05) is 66.7 Å². The van der Waals surface area contributed by atoms with Gasteiger partial charge in [-0.25, -0.2) is 4.79 Å². The van der Waals surface area contributed by atoms with Gasteiger partial charge in [-0.3, -0.25) is 0 Å². The number of benzene rings is 3. The Morgan fingerprint density at radius 1 is 1.00 bits per heavy atom. The third-order valence-corrected chi connectivity index (χ3v) is 7.86. The molecule has 3 aromatic carbocycles. The van der Waals surface area contributed by atoms with Crippen LogP contribution in [0.2, 0.25) is 0 Å². The minimum absolute atomic E-state index is 0.00301. The molecule has 7 nitrogen and oxygen atoms in total. The third kappa shape index (κ3) is 7.96. The van der Waals surface area contributed by atoms with Crippen LogP contribution in [0.3, 0.4) is 0 Å². The smallest absolute Gasteiger partial charge is 0.407 e. The van der Waals surface area contributed by atoms with Gasteiger partial charge < -0.3 is 29.7 Å². The van der Waals surface area contributed by atoms with Crippen LogP contribution in [0.4, 0.5) is 4.79 Å². The quantitative estimate of drug-likeness (QED) is 0.190. The van der Waals surface area contributed by atoms with Gasteiger partial charge in [0.1, 0.15) is 6.61 Å². The number of thioether (sulfide) groups is 1. The highest BCUT2D eigenvalue weighted by atomic mass is 32.2. The van der Waals surface area contributed by atoms with Crippen LogP contribution in [-0.4, -0.2) is 47.1 Å². The van der Waals surface area contributed by atoms with Crippen molar-refractivity contribution in [2.75, 3.05) is 24.7 Å². The van der Waals surface area contributed by atoms with Crippen LogP contribution in [0.1, 0.15) is 41.6 Å². The fourth-order valence-electron chi connectivity index (χ4n) is 4.66. The molecule has 212 valence electrons. The van der Waals surface area contributed by atoms with Crippen LogP contribution in [0, 0.1) is 5.92 Å². The standard InChI is InChI=1S/C32H37NO6S/c1-3-15-37-32(36)33-19-24-6-4-7-26(17-24)27-8-5-9-28(18-27)31-38-29(21-40-16-14-34)22(2)30(39-31)25-12-10-23(20-35)11-13-25/h3-13,17-18,22,29-31,34-35H,1,14-16,19-21H2,2H3,(H,33,36)/t22-,29+,30+,31+/m0/s1. The lowest BCUT2D eigenvalue weighted by atomic mass is 9.91. The normalized spacial score (nSPS) is 20.6. The molecule has 0 radical (unpaired) electrons. The fraction of sp³-hybridized carbons (Fsp3) is 0.344. The summed E-state index contributed by atoms with van der Waals surface area (Å²) in [5.41, 5.74) is 5.78. The van der Waals surface area contributed by atoms with E-state index in [4.69, 9.17) is 14.2 Å². The van der Waals surface area contributed by atoms with Crippen LogP contribution in [0.15, 0.2) is 85.5 Å². The van der Waals surface area contributed by atoms with E-state index in [1.54, 1.807) is 11.8 Å². The Hall–Kier alpha value is -3.14. The van der Waals surface area contributed by atoms with Crippen LogP contribution >= 0.6 is 11.8 Å². The number of carbonyl (C=O) groups is 1. The molecule has 1 amide bonds. The third-order valence-electron chi connectivity index (χ3n) is 6.83. The van der Waals surface area contributed by atoms with Crippen molar-refractivity contribution in [2.24, 2.45) is 5.92 Å². The molecule has 1 aliphatic heterocycles. The number of ether oxygens (including phenoxy) is 3. The molecule has 40 heavy (non-hydrogen) atoms. The van der Waals surface area contributed by atoms with E-state index in [1.165, 1.54) is 6.08 Å². The predicted molar refractivity (Wildman–Crippen MR) is 158 cm³/mol. The van der Waals surface area contributed by atoms with E-state index in [0.717, 1.165) is 39.1 Å². The first-order valence-corrected chi connectivity index (χ1v) is 14.6. The Kier molecular flexibility index (Phi) is 11.2. The number of nitrogens with one attached hydrogen (secondary N) is 1. The van der Waals surface area contributed by atoms with Crippen molar-refractivity contribution in [3.63, 3.8) is 0 Å². The Morgan fingerprint density at radius 3 is 2.48 bits per heavy atom. The van der Waals surface area contributed by atoms with Gasteiger partial charge in [0.15, 0.2) is 6.29 Å². The van der Waals surface area contributed by atoms with Gasteiger partial charge in [-0.05, 0) is 39.9 Å². The first kappa shape index (κ1) is 29.8. The van der Waals surface area contributed by atoms with Gasteiger partial charge in [0.2, 0.25) is 0 Å². The molecule has 3 N–H and O–H groups in total. The molecule has 0 aromatic heterocycles. The first-order valence-electron chi connectivity index (χ1n) is 13.4. The minimum Gasteiger partial charge on any atom is -0.445 e. The number of alkyl carbamates (subject to hydrolysis) is 1. The van der Waals surface area contributed by atoms with Gasteiger partial charge in [-0.15, -0.1) is 0 Å². The molecule has 1 aliphatic rings. The highest BCUT2D eigenvalue weighted by Crippen LogP contribution is 2.43. The summed E-state index contributed by atoms with van der Waals surface area (Å²) in [6, 6.07) is 24.0. The number of hydrogen-bond donors (Lipinski definition) is 3. The summed E-state index contributed by atoms with van der Waals surface area (Å²) in [5.74, 6) is 1.49. The van der Waals surface area contributed by atoms with E-state index in [0.29, 0.717) is 12.3 Å². The molecule has 0 spiro atoms.